The number of carboxylic acid groups (broad SMARTS) is 1. The summed E-state index contributed by atoms with van der Waals surface area (Å²) in [5.74, 6) is -2.34. The highest BCUT2D eigenvalue weighted by molar-refractivity contribution is 6.01. The molecular weight excluding hydrogens is 582 g/mol. The van der Waals surface area contributed by atoms with E-state index in [2.05, 4.69) is 5.32 Å². The standard InChI is InChI=1S/C37H43N3O6/c1-36(2,3)32(38-30(41)21-18-25-16-19-27(20-17-25)31(42)35(45)46)34(44)40-24-37(4,5)22-29(40)33(43)39(28-14-10-7-11-15-28)23-26-12-8-6-9-13-26/h6-21,29,31-32,42H,22-24H2,1-5H3,(H,38,41)(H,45,46)/b21-18+/t29-,31?,32+/m0/s1. The number of para-hydroxylation sites is 1. The average Bonchev–Trinajstić information content (AvgIpc) is 3.36. The summed E-state index contributed by atoms with van der Waals surface area (Å²) >= 11 is 0. The second-order valence-corrected chi connectivity index (χ2v) is 13.6. The van der Waals surface area contributed by atoms with Crippen LogP contribution in [0.4, 0.5) is 5.69 Å². The van der Waals surface area contributed by atoms with Crippen molar-refractivity contribution < 1.29 is 29.4 Å². The number of carbonyl (C=O) groups excluding carboxylic acids is 3. The first-order valence-electron chi connectivity index (χ1n) is 15.4. The van der Waals surface area contributed by atoms with Crippen molar-refractivity contribution >= 4 is 35.5 Å². The summed E-state index contributed by atoms with van der Waals surface area (Å²) in [6.45, 7) is 10.4. The van der Waals surface area contributed by atoms with Crippen LogP contribution >= 0.6 is 0 Å². The predicted octanol–water partition coefficient (Wildman–Crippen LogP) is 5.21. The number of hydrogen-bond donors (Lipinski definition) is 3. The Labute approximate surface area is 270 Å². The van der Waals surface area contributed by atoms with Crippen LogP contribution in [0, 0.1) is 10.8 Å². The second kappa shape index (κ2) is 14.1. The SMILES string of the molecule is CC1(C)C[C@@H](C(=O)N(Cc2ccccc2)c2ccccc2)N(C(=O)[C@@H](NC(=O)/C=C/c2ccc(C(O)C(=O)O)cc2)C(C)(C)C)C1. The molecule has 1 saturated heterocycles. The quantitative estimate of drug-likeness (QED) is 0.266. The van der Waals surface area contributed by atoms with Crippen LogP contribution in [0.25, 0.3) is 6.08 Å². The molecule has 3 amide bonds. The third-order valence-electron chi connectivity index (χ3n) is 8.12. The molecule has 242 valence electrons. The van der Waals surface area contributed by atoms with Crippen molar-refractivity contribution in [2.24, 2.45) is 10.8 Å². The van der Waals surface area contributed by atoms with Gasteiger partial charge < -0.3 is 25.3 Å². The number of amides is 3. The van der Waals surface area contributed by atoms with Crippen molar-refractivity contribution in [1.82, 2.24) is 10.2 Å². The predicted molar refractivity (Wildman–Crippen MR) is 177 cm³/mol. The lowest BCUT2D eigenvalue weighted by molar-refractivity contribution is -0.147. The molecule has 1 aliphatic rings. The first-order chi connectivity index (χ1) is 21.7. The van der Waals surface area contributed by atoms with Crippen molar-refractivity contribution in [3.63, 3.8) is 0 Å². The molecule has 0 saturated carbocycles. The van der Waals surface area contributed by atoms with E-state index < -0.39 is 35.5 Å². The van der Waals surface area contributed by atoms with Crippen molar-refractivity contribution in [1.29, 1.82) is 0 Å². The summed E-state index contributed by atoms with van der Waals surface area (Å²) in [5.41, 5.74) is 1.55. The van der Waals surface area contributed by atoms with E-state index in [1.807, 2.05) is 95.3 Å². The zero-order valence-corrected chi connectivity index (χ0v) is 27.0. The summed E-state index contributed by atoms with van der Waals surface area (Å²) in [6.07, 6.45) is 1.70. The smallest absolute Gasteiger partial charge is 0.337 e. The van der Waals surface area contributed by atoms with Gasteiger partial charge in [-0.15, -0.1) is 0 Å². The van der Waals surface area contributed by atoms with Gasteiger partial charge in [0.05, 0.1) is 6.54 Å². The van der Waals surface area contributed by atoms with Gasteiger partial charge in [-0.25, -0.2) is 4.79 Å². The number of likely N-dealkylation sites (tertiary alicyclic amines) is 1. The summed E-state index contributed by atoms with van der Waals surface area (Å²) in [5, 5.41) is 21.6. The van der Waals surface area contributed by atoms with E-state index in [0.29, 0.717) is 25.1 Å². The van der Waals surface area contributed by atoms with Gasteiger partial charge in [-0.1, -0.05) is 107 Å². The Balaban J connectivity index is 1.56. The van der Waals surface area contributed by atoms with Crippen LogP contribution in [0.1, 0.15) is 63.8 Å². The van der Waals surface area contributed by atoms with Crippen molar-refractivity contribution in [3.8, 4) is 0 Å². The number of carboxylic acids is 1. The third-order valence-corrected chi connectivity index (χ3v) is 8.12. The normalized spacial score (nSPS) is 17.3. The molecule has 0 spiro atoms. The largest absolute Gasteiger partial charge is 0.479 e. The van der Waals surface area contributed by atoms with Gasteiger partial charge in [0.15, 0.2) is 6.10 Å². The Morgan fingerprint density at radius 3 is 2.11 bits per heavy atom. The number of aliphatic hydroxyl groups excluding tert-OH is 1. The molecule has 1 unspecified atom stereocenters. The third kappa shape index (κ3) is 8.48. The Morgan fingerprint density at radius 1 is 0.957 bits per heavy atom. The van der Waals surface area contributed by atoms with Gasteiger partial charge in [-0.3, -0.25) is 14.4 Å². The Bertz CT molecular complexity index is 1560. The van der Waals surface area contributed by atoms with Crippen LogP contribution in [-0.2, 0) is 25.7 Å². The summed E-state index contributed by atoms with van der Waals surface area (Å²) < 4.78 is 0. The molecule has 0 bridgehead atoms. The van der Waals surface area contributed by atoms with Crippen LogP contribution in [0.5, 0.6) is 0 Å². The lowest BCUT2D eigenvalue weighted by Gasteiger charge is -2.36. The molecule has 46 heavy (non-hydrogen) atoms. The summed E-state index contributed by atoms with van der Waals surface area (Å²) in [6, 6.07) is 23.7. The van der Waals surface area contributed by atoms with E-state index in [-0.39, 0.29) is 22.8 Å². The molecule has 4 rings (SSSR count). The van der Waals surface area contributed by atoms with E-state index in [1.165, 1.54) is 18.2 Å². The van der Waals surface area contributed by atoms with Crippen molar-refractivity contribution in [3.05, 3.63) is 108 Å². The number of benzene rings is 3. The van der Waals surface area contributed by atoms with E-state index in [4.69, 9.17) is 5.11 Å². The zero-order chi connectivity index (χ0) is 33.6. The Morgan fingerprint density at radius 2 is 1.54 bits per heavy atom. The highest BCUT2D eigenvalue weighted by atomic mass is 16.4. The number of carbonyl (C=O) groups is 4. The average molecular weight is 626 g/mol. The van der Waals surface area contributed by atoms with Crippen LogP contribution in [0.3, 0.4) is 0 Å². The summed E-state index contributed by atoms with van der Waals surface area (Å²) in [7, 11) is 0. The van der Waals surface area contributed by atoms with Gasteiger partial charge in [0.2, 0.25) is 17.7 Å². The fourth-order valence-corrected chi connectivity index (χ4v) is 5.68. The van der Waals surface area contributed by atoms with Gasteiger partial charge in [0.1, 0.15) is 12.1 Å². The molecule has 0 radical (unpaired) electrons. The molecule has 9 heteroatoms. The van der Waals surface area contributed by atoms with E-state index in [9.17, 15) is 24.3 Å². The van der Waals surface area contributed by atoms with E-state index in [0.717, 1.165) is 11.3 Å². The van der Waals surface area contributed by atoms with Crippen molar-refractivity contribution in [2.75, 3.05) is 11.4 Å². The fraction of sp³-hybridized carbons (Fsp3) is 0.351. The molecule has 3 aromatic rings. The van der Waals surface area contributed by atoms with E-state index >= 15 is 0 Å². The molecule has 3 aromatic carbocycles. The molecule has 1 heterocycles. The van der Waals surface area contributed by atoms with Crippen LogP contribution in [0.15, 0.2) is 91.0 Å². The van der Waals surface area contributed by atoms with Gasteiger partial charge in [0, 0.05) is 18.3 Å². The number of hydrogen-bond acceptors (Lipinski definition) is 5. The van der Waals surface area contributed by atoms with E-state index in [1.54, 1.807) is 28.0 Å². The lowest BCUT2D eigenvalue weighted by Crippen LogP contribution is -2.58. The highest BCUT2D eigenvalue weighted by Gasteiger charge is 2.48. The monoisotopic (exact) mass is 625 g/mol. The van der Waals surface area contributed by atoms with Crippen LogP contribution in [0.2, 0.25) is 0 Å². The van der Waals surface area contributed by atoms with Gasteiger partial charge in [-0.2, -0.15) is 0 Å². The highest BCUT2D eigenvalue weighted by Crippen LogP contribution is 2.37. The first kappa shape index (κ1) is 34.1. The Kier molecular flexibility index (Phi) is 10.5. The van der Waals surface area contributed by atoms with Gasteiger partial charge in [0.25, 0.3) is 0 Å². The van der Waals surface area contributed by atoms with Crippen LogP contribution in [-0.4, -0.2) is 57.4 Å². The molecule has 1 aliphatic heterocycles. The molecule has 0 aromatic heterocycles. The number of aliphatic carboxylic acids is 1. The molecule has 3 atom stereocenters. The van der Waals surface area contributed by atoms with Gasteiger partial charge in [-0.05, 0) is 52.1 Å². The minimum absolute atomic E-state index is 0.177. The molecule has 9 nitrogen and oxygen atoms in total. The maximum absolute atomic E-state index is 14.4. The minimum Gasteiger partial charge on any atom is -0.479 e. The number of anilines is 1. The number of rotatable bonds is 10. The Hall–Kier alpha value is -4.76. The lowest BCUT2D eigenvalue weighted by atomic mass is 9.85. The number of nitrogens with zero attached hydrogens (tertiary/aromatic N) is 2. The zero-order valence-electron chi connectivity index (χ0n) is 27.0. The molecular formula is C37H43N3O6. The van der Waals surface area contributed by atoms with Gasteiger partial charge >= 0.3 is 5.97 Å². The first-order valence-corrected chi connectivity index (χ1v) is 15.4. The molecule has 1 fully saturated rings. The van der Waals surface area contributed by atoms with Crippen molar-refractivity contribution in [2.45, 2.75) is 65.8 Å². The number of aliphatic hydroxyl groups is 1. The molecule has 0 aliphatic carbocycles. The summed E-state index contributed by atoms with van der Waals surface area (Å²) in [4.78, 5) is 56.3. The minimum atomic E-state index is -1.63. The molecule has 3 N–H and O–H groups in total. The topological polar surface area (TPSA) is 127 Å². The van der Waals surface area contributed by atoms with Crippen LogP contribution < -0.4 is 10.2 Å². The second-order valence-electron chi connectivity index (χ2n) is 13.6. The maximum atomic E-state index is 14.4. The maximum Gasteiger partial charge on any atom is 0.337 e. The number of nitrogens with one attached hydrogen (secondary N) is 1. The fourth-order valence-electron chi connectivity index (χ4n) is 5.68.